The van der Waals surface area contributed by atoms with E-state index in [1.54, 1.807) is 69.3 Å². The molecule has 250 valence electrons. The molecule has 3 aliphatic heterocycles. The van der Waals surface area contributed by atoms with Crippen molar-refractivity contribution >= 4 is 18.0 Å². The molecule has 46 heavy (non-hydrogen) atoms. The van der Waals surface area contributed by atoms with Crippen LogP contribution in [-0.2, 0) is 18.9 Å². The van der Waals surface area contributed by atoms with Gasteiger partial charge in [0.2, 0.25) is 0 Å². The van der Waals surface area contributed by atoms with Crippen molar-refractivity contribution in [3.63, 3.8) is 0 Å². The van der Waals surface area contributed by atoms with Crippen LogP contribution in [0.5, 0.6) is 11.5 Å². The van der Waals surface area contributed by atoms with Crippen LogP contribution in [-0.4, -0.2) is 73.1 Å². The first kappa shape index (κ1) is 33.5. The first-order chi connectivity index (χ1) is 22.1. The molecule has 11 nitrogen and oxygen atoms in total. The molecular formula is C35H46N2O9. The molecule has 0 radical (unpaired) electrons. The summed E-state index contributed by atoms with van der Waals surface area (Å²) >= 11 is 0. The third-order valence-electron chi connectivity index (χ3n) is 8.00. The van der Waals surface area contributed by atoms with E-state index in [9.17, 15) is 14.4 Å². The Morgan fingerprint density at radius 3 is 1.85 bits per heavy atom. The van der Waals surface area contributed by atoms with Gasteiger partial charge in [-0.05, 0) is 108 Å². The Balaban J connectivity index is 1.23. The molecule has 0 aromatic heterocycles. The largest absolute Gasteiger partial charge is 0.465 e. The number of benzene rings is 2. The van der Waals surface area contributed by atoms with E-state index in [4.69, 9.17) is 28.4 Å². The van der Waals surface area contributed by atoms with Gasteiger partial charge in [-0.3, -0.25) is 9.69 Å². The van der Waals surface area contributed by atoms with Crippen LogP contribution in [0.2, 0.25) is 0 Å². The molecule has 2 aromatic rings. The van der Waals surface area contributed by atoms with Gasteiger partial charge >= 0.3 is 12.1 Å². The fourth-order valence-electron chi connectivity index (χ4n) is 5.64. The Hall–Kier alpha value is -3.83. The summed E-state index contributed by atoms with van der Waals surface area (Å²) in [6.07, 6.45) is 4.70. The molecule has 11 heteroatoms. The minimum atomic E-state index is -0.763. The number of likely N-dealkylation sites (tertiary alicyclic amines) is 1. The minimum absolute atomic E-state index is 0.206. The summed E-state index contributed by atoms with van der Waals surface area (Å²) in [7, 11) is 0. The average molecular weight is 639 g/mol. The summed E-state index contributed by atoms with van der Waals surface area (Å²) in [5, 5.41) is 2.98. The highest BCUT2D eigenvalue weighted by Crippen LogP contribution is 2.25. The quantitative estimate of drug-likeness (QED) is 0.337. The Kier molecular flexibility index (Phi) is 11.4. The van der Waals surface area contributed by atoms with Crippen molar-refractivity contribution in [1.82, 2.24) is 10.2 Å². The highest BCUT2D eigenvalue weighted by molar-refractivity contribution is 5.94. The standard InChI is InChI=1S/C35H46N2O9/c1-35(2,3)46-34(40)37-20-8-9-28(45-33(39)25-14-18-27(19-15-25)44-31-11-5-7-22-42-31)23-29(37)36-32(38)24-12-16-26(17-13-24)43-30-10-4-6-21-41-30/h12-19,28-31H,4-11,20-23H2,1-3H3,(H,36,38). The molecule has 4 atom stereocenters. The van der Waals surface area contributed by atoms with Gasteiger partial charge in [-0.2, -0.15) is 0 Å². The minimum Gasteiger partial charge on any atom is -0.465 e. The Bertz CT molecular complexity index is 1300. The van der Waals surface area contributed by atoms with Gasteiger partial charge in [0.25, 0.3) is 5.91 Å². The summed E-state index contributed by atoms with van der Waals surface area (Å²) in [5.74, 6) is 0.375. The second kappa shape index (κ2) is 15.6. The van der Waals surface area contributed by atoms with Crippen LogP contribution < -0.4 is 14.8 Å². The van der Waals surface area contributed by atoms with E-state index in [2.05, 4.69) is 5.32 Å². The SMILES string of the molecule is CC(C)(C)OC(=O)N1CCCC(OC(=O)c2ccc(OC3CCCCO3)cc2)CC1NC(=O)c1ccc(OC2CCCCO2)cc1. The summed E-state index contributed by atoms with van der Waals surface area (Å²) in [5.41, 5.74) is 0.0622. The number of hydrogen-bond acceptors (Lipinski definition) is 9. The number of carbonyl (C=O) groups excluding carboxylic acids is 3. The van der Waals surface area contributed by atoms with Crippen molar-refractivity contribution in [2.24, 2.45) is 0 Å². The summed E-state index contributed by atoms with van der Waals surface area (Å²) < 4.78 is 34.6. The van der Waals surface area contributed by atoms with Crippen LogP contribution in [0.25, 0.3) is 0 Å². The zero-order chi connectivity index (χ0) is 32.5. The predicted molar refractivity (Wildman–Crippen MR) is 169 cm³/mol. The number of nitrogens with zero attached hydrogens (tertiary/aromatic N) is 1. The second-order valence-corrected chi connectivity index (χ2v) is 12.9. The van der Waals surface area contributed by atoms with Gasteiger partial charge in [0, 0.05) is 31.4 Å². The van der Waals surface area contributed by atoms with Gasteiger partial charge in [0.05, 0.1) is 18.8 Å². The Morgan fingerprint density at radius 1 is 0.761 bits per heavy atom. The fraction of sp³-hybridized carbons (Fsp3) is 0.571. The van der Waals surface area contributed by atoms with E-state index >= 15 is 0 Å². The van der Waals surface area contributed by atoms with Gasteiger partial charge < -0.3 is 33.7 Å². The van der Waals surface area contributed by atoms with Crippen LogP contribution in [0.4, 0.5) is 4.79 Å². The molecular weight excluding hydrogens is 592 g/mol. The number of amides is 2. The van der Waals surface area contributed by atoms with Crippen LogP contribution in [0.3, 0.4) is 0 Å². The van der Waals surface area contributed by atoms with Crippen molar-refractivity contribution in [3.8, 4) is 11.5 Å². The van der Waals surface area contributed by atoms with Crippen molar-refractivity contribution in [2.45, 2.75) is 109 Å². The number of esters is 1. The maximum atomic E-state index is 13.4. The molecule has 4 unspecified atom stereocenters. The van der Waals surface area contributed by atoms with E-state index < -0.39 is 29.9 Å². The summed E-state index contributed by atoms with van der Waals surface area (Å²) in [6, 6.07) is 13.6. The maximum absolute atomic E-state index is 13.4. The third-order valence-corrected chi connectivity index (χ3v) is 8.00. The zero-order valence-corrected chi connectivity index (χ0v) is 27.0. The number of hydrogen-bond donors (Lipinski definition) is 1. The predicted octanol–water partition coefficient (Wildman–Crippen LogP) is 6.20. The fourth-order valence-corrected chi connectivity index (χ4v) is 5.64. The van der Waals surface area contributed by atoms with E-state index in [1.165, 1.54) is 4.90 Å². The van der Waals surface area contributed by atoms with E-state index in [-0.39, 0.29) is 24.9 Å². The topological polar surface area (TPSA) is 122 Å². The Morgan fingerprint density at radius 2 is 1.33 bits per heavy atom. The van der Waals surface area contributed by atoms with Crippen molar-refractivity contribution in [3.05, 3.63) is 59.7 Å². The molecule has 0 aliphatic carbocycles. The molecule has 0 bridgehead atoms. The van der Waals surface area contributed by atoms with Gasteiger partial charge in [0.1, 0.15) is 29.4 Å². The molecule has 0 spiro atoms. The smallest absolute Gasteiger partial charge is 0.411 e. The van der Waals surface area contributed by atoms with Crippen molar-refractivity contribution < 1.29 is 42.8 Å². The van der Waals surface area contributed by atoms with Crippen LogP contribution in [0.15, 0.2) is 48.5 Å². The lowest BCUT2D eigenvalue weighted by atomic mass is 10.1. The number of rotatable bonds is 8. The first-order valence-corrected chi connectivity index (χ1v) is 16.4. The lowest BCUT2D eigenvalue weighted by Crippen LogP contribution is -2.52. The van der Waals surface area contributed by atoms with Crippen molar-refractivity contribution in [1.29, 1.82) is 0 Å². The first-order valence-electron chi connectivity index (χ1n) is 16.4. The molecule has 3 heterocycles. The number of nitrogens with one attached hydrogen (secondary N) is 1. The lowest BCUT2D eigenvalue weighted by molar-refractivity contribution is -0.106. The highest BCUT2D eigenvalue weighted by atomic mass is 16.7. The lowest BCUT2D eigenvalue weighted by Gasteiger charge is -2.33. The molecule has 3 fully saturated rings. The summed E-state index contributed by atoms with van der Waals surface area (Å²) in [4.78, 5) is 41.3. The van der Waals surface area contributed by atoms with E-state index in [0.29, 0.717) is 55.2 Å². The third kappa shape index (κ3) is 9.83. The van der Waals surface area contributed by atoms with Crippen LogP contribution in [0.1, 0.15) is 99.3 Å². The molecule has 0 saturated carbocycles. The Labute approximate surface area is 270 Å². The number of ether oxygens (including phenoxy) is 6. The molecule has 5 rings (SSSR count). The highest BCUT2D eigenvalue weighted by Gasteiger charge is 2.35. The van der Waals surface area contributed by atoms with Crippen LogP contribution >= 0.6 is 0 Å². The monoisotopic (exact) mass is 638 g/mol. The number of carbonyl (C=O) groups is 3. The van der Waals surface area contributed by atoms with E-state index in [0.717, 1.165) is 38.5 Å². The normalized spacial score (nSPS) is 23.8. The van der Waals surface area contributed by atoms with E-state index in [1.807, 2.05) is 0 Å². The molecule has 2 aromatic carbocycles. The zero-order valence-electron chi connectivity index (χ0n) is 27.0. The van der Waals surface area contributed by atoms with Gasteiger partial charge in [-0.15, -0.1) is 0 Å². The molecule has 3 saturated heterocycles. The molecule has 2 amide bonds. The molecule has 1 N–H and O–H groups in total. The summed E-state index contributed by atoms with van der Waals surface area (Å²) in [6.45, 7) is 7.07. The van der Waals surface area contributed by atoms with Gasteiger partial charge in [-0.25, -0.2) is 9.59 Å². The van der Waals surface area contributed by atoms with Gasteiger partial charge in [-0.1, -0.05) is 0 Å². The second-order valence-electron chi connectivity index (χ2n) is 12.9. The van der Waals surface area contributed by atoms with Gasteiger partial charge in [0.15, 0.2) is 12.6 Å². The maximum Gasteiger partial charge on any atom is 0.411 e. The average Bonchev–Trinajstić information content (AvgIpc) is 3.23. The van der Waals surface area contributed by atoms with Crippen LogP contribution in [0, 0.1) is 0 Å². The van der Waals surface area contributed by atoms with Crippen molar-refractivity contribution in [2.75, 3.05) is 19.8 Å². The molecule has 3 aliphatic rings.